The summed E-state index contributed by atoms with van der Waals surface area (Å²) >= 11 is 0. The molecular formula is C10H13N3O2. The van der Waals surface area contributed by atoms with Crippen molar-refractivity contribution in [1.29, 1.82) is 5.41 Å². The van der Waals surface area contributed by atoms with Crippen molar-refractivity contribution in [1.82, 2.24) is 0 Å². The molecule has 0 unspecified atom stereocenters. The lowest BCUT2D eigenvalue weighted by Gasteiger charge is -2.04. The molecule has 0 aliphatic carbocycles. The van der Waals surface area contributed by atoms with Gasteiger partial charge in [-0.15, -0.1) is 0 Å². The number of nitrogens with zero attached hydrogens (tertiary/aromatic N) is 1. The van der Waals surface area contributed by atoms with Crippen LogP contribution >= 0.6 is 0 Å². The zero-order valence-electron chi connectivity index (χ0n) is 8.49. The highest BCUT2D eigenvalue weighted by Crippen LogP contribution is 2.18. The van der Waals surface area contributed by atoms with Crippen LogP contribution in [0.5, 0.6) is 0 Å². The Labute approximate surface area is 87.6 Å². The van der Waals surface area contributed by atoms with E-state index in [2.05, 4.69) is 0 Å². The molecule has 0 spiro atoms. The van der Waals surface area contributed by atoms with Crippen molar-refractivity contribution in [2.24, 2.45) is 5.73 Å². The summed E-state index contributed by atoms with van der Waals surface area (Å²) in [6.45, 7) is 1.82. The Morgan fingerprint density at radius 2 is 2.27 bits per heavy atom. The third kappa shape index (κ3) is 3.05. The Bertz CT molecular complexity index is 402. The van der Waals surface area contributed by atoms with Crippen LogP contribution in [0.2, 0.25) is 0 Å². The molecule has 3 N–H and O–H groups in total. The average molecular weight is 207 g/mol. The molecule has 0 heterocycles. The summed E-state index contributed by atoms with van der Waals surface area (Å²) in [5.74, 6) is 0.132. The number of non-ortho nitro benzene ring substituents is 1. The van der Waals surface area contributed by atoms with Crippen LogP contribution in [-0.4, -0.2) is 10.8 Å². The number of nitro benzene ring substituents is 1. The van der Waals surface area contributed by atoms with Gasteiger partial charge in [-0.05, 0) is 24.5 Å². The first-order valence-electron chi connectivity index (χ1n) is 4.57. The Morgan fingerprint density at radius 1 is 1.60 bits per heavy atom. The summed E-state index contributed by atoms with van der Waals surface area (Å²) in [6, 6.07) is 4.73. The monoisotopic (exact) mass is 207 g/mol. The van der Waals surface area contributed by atoms with Gasteiger partial charge >= 0.3 is 0 Å². The standard InChI is InChI=1S/C10H13N3O2/c1-7-6-9(13(14)15)4-2-8(7)3-5-10(11)12/h2,4,6H,3,5H2,1H3,(H3,11,12). The number of amidine groups is 1. The van der Waals surface area contributed by atoms with Crippen LogP contribution in [-0.2, 0) is 6.42 Å². The van der Waals surface area contributed by atoms with E-state index >= 15 is 0 Å². The molecule has 15 heavy (non-hydrogen) atoms. The van der Waals surface area contributed by atoms with E-state index in [1.165, 1.54) is 12.1 Å². The van der Waals surface area contributed by atoms with Crippen molar-refractivity contribution in [2.75, 3.05) is 0 Å². The molecule has 0 bridgehead atoms. The molecule has 0 amide bonds. The van der Waals surface area contributed by atoms with Crippen LogP contribution in [0.1, 0.15) is 17.5 Å². The Kier molecular flexibility index (Phi) is 3.38. The Balaban J connectivity index is 2.83. The largest absolute Gasteiger partial charge is 0.388 e. The molecular weight excluding hydrogens is 194 g/mol. The maximum absolute atomic E-state index is 10.5. The van der Waals surface area contributed by atoms with Gasteiger partial charge in [-0.1, -0.05) is 6.07 Å². The van der Waals surface area contributed by atoms with Gasteiger partial charge in [-0.25, -0.2) is 0 Å². The maximum atomic E-state index is 10.5. The van der Waals surface area contributed by atoms with Gasteiger partial charge in [-0.2, -0.15) is 0 Å². The van der Waals surface area contributed by atoms with Crippen LogP contribution < -0.4 is 5.73 Å². The molecule has 1 aromatic carbocycles. The molecule has 0 aromatic heterocycles. The molecule has 0 aliphatic rings. The van der Waals surface area contributed by atoms with Gasteiger partial charge in [0, 0.05) is 18.6 Å². The number of aryl methyl sites for hydroxylation is 2. The molecule has 5 heteroatoms. The van der Waals surface area contributed by atoms with E-state index in [-0.39, 0.29) is 11.5 Å². The van der Waals surface area contributed by atoms with Gasteiger partial charge in [-0.3, -0.25) is 15.5 Å². The quantitative estimate of drug-likeness (QED) is 0.341. The van der Waals surface area contributed by atoms with Crippen LogP contribution in [0.4, 0.5) is 5.69 Å². The first-order valence-corrected chi connectivity index (χ1v) is 4.57. The zero-order valence-corrected chi connectivity index (χ0v) is 8.49. The molecule has 0 aliphatic heterocycles. The number of rotatable bonds is 4. The predicted octanol–water partition coefficient (Wildman–Crippen LogP) is 1.77. The molecule has 5 nitrogen and oxygen atoms in total. The van der Waals surface area contributed by atoms with E-state index in [4.69, 9.17) is 11.1 Å². The minimum Gasteiger partial charge on any atom is -0.388 e. The Hall–Kier alpha value is -1.91. The van der Waals surface area contributed by atoms with Crippen molar-refractivity contribution in [3.05, 3.63) is 39.4 Å². The Morgan fingerprint density at radius 3 is 2.73 bits per heavy atom. The van der Waals surface area contributed by atoms with Crippen molar-refractivity contribution in [3.8, 4) is 0 Å². The summed E-state index contributed by atoms with van der Waals surface area (Å²) in [6.07, 6.45) is 1.14. The number of nitro groups is 1. The fraction of sp³-hybridized carbons (Fsp3) is 0.300. The fourth-order valence-corrected chi connectivity index (χ4v) is 1.34. The van der Waals surface area contributed by atoms with E-state index in [9.17, 15) is 10.1 Å². The van der Waals surface area contributed by atoms with Crippen molar-refractivity contribution >= 4 is 11.5 Å². The predicted molar refractivity (Wildman–Crippen MR) is 58.1 cm³/mol. The topological polar surface area (TPSA) is 93.0 Å². The summed E-state index contributed by atoms with van der Waals surface area (Å²) in [7, 11) is 0. The summed E-state index contributed by atoms with van der Waals surface area (Å²) in [5.41, 5.74) is 7.20. The van der Waals surface area contributed by atoms with Gasteiger partial charge in [0.15, 0.2) is 0 Å². The molecule has 80 valence electrons. The van der Waals surface area contributed by atoms with Gasteiger partial charge in [0.05, 0.1) is 10.8 Å². The molecule has 1 rings (SSSR count). The first kappa shape index (κ1) is 11.2. The van der Waals surface area contributed by atoms with Crippen LogP contribution in [0, 0.1) is 22.4 Å². The van der Waals surface area contributed by atoms with Crippen LogP contribution in [0.25, 0.3) is 0 Å². The first-order chi connectivity index (χ1) is 7.00. The highest BCUT2D eigenvalue weighted by atomic mass is 16.6. The van der Waals surface area contributed by atoms with Crippen molar-refractivity contribution < 1.29 is 4.92 Å². The average Bonchev–Trinajstić information content (AvgIpc) is 2.15. The molecule has 0 atom stereocenters. The molecule has 0 fully saturated rings. The number of benzene rings is 1. The zero-order chi connectivity index (χ0) is 11.4. The van der Waals surface area contributed by atoms with E-state index < -0.39 is 4.92 Å². The van der Waals surface area contributed by atoms with E-state index in [0.717, 1.165) is 11.1 Å². The SMILES string of the molecule is Cc1cc([N+](=O)[O-])ccc1CCC(=N)N. The van der Waals surface area contributed by atoms with Crippen molar-refractivity contribution in [3.63, 3.8) is 0 Å². The van der Waals surface area contributed by atoms with E-state index in [0.29, 0.717) is 12.8 Å². The third-order valence-corrected chi connectivity index (χ3v) is 2.20. The number of nitrogens with one attached hydrogen (secondary N) is 1. The number of nitrogens with two attached hydrogens (primary N) is 1. The number of hydrogen-bond acceptors (Lipinski definition) is 3. The second-order valence-corrected chi connectivity index (χ2v) is 3.39. The summed E-state index contributed by atoms with van der Waals surface area (Å²) in [5, 5.41) is 17.6. The normalized spacial score (nSPS) is 9.93. The molecule has 0 radical (unpaired) electrons. The summed E-state index contributed by atoms with van der Waals surface area (Å²) in [4.78, 5) is 10.1. The van der Waals surface area contributed by atoms with Gasteiger partial charge < -0.3 is 5.73 Å². The van der Waals surface area contributed by atoms with Crippen LogP contribution in [0.3, 0.4) is 0 Å². The highest BCUT2D eigenvalue weighted by molar-refractivity contribution is 5.77. The van der Waals surface area contributed by atoms with E-state index in [1.54, 1.807) is 6.07 Å². The van der Waals surface area contributed by atoms with E-state index in [1.807, 2.05) is 6.92 Å². The van der Waals surface area contributed by atoms with Crippen LogP contribution in [0.15, 0.2) is 18.2 Å². The minimum absolute atomic E-state index is 0.0964. The van der Waals surface area contributed by atoms with Gasteiger partial charge in [0.25, 0.3) is 5.69 Å². The highest BCUT2D eigenvalue weighted by Gasteiger charge is 2.07. The second kappa shape index (κ2) is 4.54. The second-order valence-electron chi connectivity index (χ2n) is 3.39. The molecule has 0 saturated carbocycles. The molecule has 0 saturated heterocycles. The number of hydrogen-bond donors (Lipinski definition) is 2. The summed E-state index contributed by atoms with van der Waals surface area (Å²) < 4.78 is 0. The lowest BCUT2D eigenvalue weighted by Crippen LogP contribution is -2.10. The minimum atomic E-state index is -0.415. The fourth-order valence-electron chi connectivity index (χ4n) is 1.34. The third-order valence-electron chi connectivity index (χ3n) is 2.20. The molecule has 1 aromatic rings. The lowest BCUT2D eigenvalue weighted by atomic mass is 10.0. The van der Waals surface area contributed by atoms with Gasteiger partial charge in [0.1, 0.15) is 0 Å². The smallest absolute Gasteiger partial charge is 0.269 e. The van der Waals surface area contributed by atoms with Gasteiger partial charge in [0.2, 0.25) is 0 Å². The van der Waals surface area contributed by atoms with Crippen molar-refractivity contribution in [2.45, 2.75) is 19.8 Å². The lowest BCUT2D eigenvalue weighted by molar-refractivity contribution is -0.384. The maximum Gasteiger partial charge on any atom is 0.269 e.